The molecule has 0 N–H and O–H groups in total. The molecule has 0 aliphatic carbocycles. The molecule has 1 aromatic carbocycles. The fourth-order valence-corrected chi connectivity index (χ4v) is 1.24. The van der Waals surface area contributed by atoms with Crippen molar-refractivity contribution in [1.82, 2.24) is 4.90 Å². The summed E-state index contributed by atoms with van der Waals surface area (Å²) in [5, 5.41) is 0. The summed E-state index contributed by atoms with van der Waals surface area (Å²) in [6.07, 6.45) is 2.09. The minimum Gasteiger partial charge on any atom is -0.315 e. The van der Waals surface area contributed by atoms with Gasteiger partial charge in [-0.3, -0.25) is 4.79 Å². The van der Waals surface area contributed by atoms with E-state index in [1.165, 1.54) is 0 Å². The first-order chi connectivity index (χ1) is 6.77. The molecule has 0 saturated heterocycles. The third kappa shape index (κ3) is 2.73. The summed E-state index contributed by atoms with van der Waals surface area (Å²) in [6.45, 7) is 6.09. The molecule has 2 heteroatoms. The van der Waals surface area contributed by atoms with Gasteiger partial charge in [0.15, 0.2) is 0 Å². The number of rotatable bonds is 4. The minimum atomic E-state index is 0.101. The van der Waals surface area contributed by atoms with Gasteiger partial charge in [0.2, 0.25) is 5.91 Å². The molecule has 2 nitrogen and oxygen atoms in total. The lowest BCUT2D eigenvalue weighted by atomic mass is 10.2. The number of carbonyl (C=O) groups excluding carboxylic acids is 1. The Bertz CT molecular complexity index is 305. The number of hydrogen-bond donors (Lipinski definition) is 0. The van der Waals surface area contributed by atoms with Crippen LogP contribution in [0.3, 0.4) is 0 Å². The first-order valence-corrected chi connectivity index (χ1v) is 4.74. The Kier molecular flexibility index (Phi) is 3.92. The third-order valence-corrected chi connectivity index (χ3v) is 2.04. The van der Waals surface area contributed by atoms with Crippen LogP contribution in [0, 0.1) is 0 Å². The number of carbonyl (C=O) groups is 1. The quantitative estimate of drug-likeness (QED) is 0.712. The third-order valence-electron chi connectivity index (χ3n) is 2.04. The zero-order valence-electron chi connectivity index (χ0n) is 8.44. The Balaban J connectivity index is 2.66. The van der Waals surface area contributed by atoms with Crippen molar-refractivity contribution in [1.29, 1.82) is 0 Å². The molecular weight excluding hydrogens is 174 g/mol. The van der Waals surface area contributed by atoms with E-state index < -0.39 is 0 Å². The number of benzene rings is 1. The van der Waals surface area contributed by atoms with E-state index in [2.05, 4.69) is 6.58 Å². The summed E-state index contributed by atoms with van der Waals surface area (Å²) >= 11 is 0. The van der Waals surface area contributed by atoms with Crippen LogP contribution in [-0.4, -0.2) is 10.8 Å². The highest BCUT2D eigenvalue weighted by Crippen LogP contribution is 2.05. The van der Waals surface area contributed by atoms with Gasteiger partial charge < -0.3 is 4.90 Å². The molecule has 0 bridgehead atoms. The zero-order valence-corrected chi connectivity index (χ0v) is 8.44. The zero-order chi connectivity index (χ0) is 10.4. The Morgan fingerprint density at radius 3 is 2.57 bits per heavy atom. The van der Waals surface area contributed by atoms with E-state index in [4.69, 9.17) is 0 Å². The molecule has 14 heavy (non-hydrogen) atoms. The van der Waals surface area contributed by atoms with Crippen molar-refractivity contribution in [3.05, 3.63) is 48.7 Å². The lowest BCUT2D eigenvalue weighted by molar-refractivity contribution is -0.128. The van der Waals surface area contributed by atoms with Crippen LogP contribution in [0.5, 0.6) is 0 Å². The maximum absolute atomic E-state index is 11.4. The minimum absolute atomic E-state index is 0.101. The fraction of sp³-hybridized carbons (Fsp3) is 0.250. The molecule has 0 spiro atoms. The van der Waals surface area contributed by atoms with Gasteiger partial charge in [0.05, 0.1) is 6.54 Å². The van der Waals surface area contributed by atoms with Crippen molar-refractivity contribution in [3.63, 3.8) is 0 Å². The first kappa shape index (κ1) is 10.5. The second-order valence-electron chi connectivity index (χ2n) is 3.04. The molecule has 1 aromatic rings. The molecule has 0 aromatic heterocycles. The summed E-state index contributed by atoms with van der Waals surface area (Å²) in [7, 11) is 0. The van der Waals surface area contributed by atoms with Gasteiger partial charge in [0, 0.05) is 6.42 Å². The molecule has 0 unspecified atom stereocenters. The first-order valence-electron chi connectivity index (χ1n) is 4.74. The Morgan fingerprint density at radius 2 is 2.07 bits per heavy atom. The highest BCUT2D eigenvalue weighted by molar-refractivity contribution is 5.76. The van der Waals surface area contributed by atoms with Crippen LogP contribution in [0.25, 0.3) is 0 Å². The summed E-state index contributed by atoms with van der Waals surface area (Å²) in [4.78, 5) is 13.0. The highest BCUT2D eigenvalue weighted by Gasteiger charge is 2.07. The maximum Gasteiger partial charge on any atom is 0.226 e. The second kappa shape index (κ2) is 5.22. The van der Waals surface area contributed by atoms with E-state index in [0.29, 0.717) is 13.0 Å². The van der Waals surface area contributed by atoms with E-state index in [0.717, 1.165) is 5.56 Å². The number of hydrogen-bond acceptors (Lipinski definition) is 1. The van der Waals surface area contributed by atoms with E-state index in [-0.39, 0.29) is 5.91 Å². The van der Waals surface area contributed by atoms with Gasteiger partial charge in [-0.2, -0.15) is 0 Å². The standard InChI is InChI=1S/C12H15NO/c1-3-12(14)13(4-2)10-11-8-6-5-7-9-11/h4-9H,2-3,10H2,1H3. The van der Waals surface area contributed by atoms with Crippen molar-refractivity contribution >= 4 is 5.91 Å². The van der Waals surface area contributed by atoms with Crippen LogP contribution in [0.15, 0.2) is 43.1 Å². The van der Waals surface area contributed by atoms with Crippen molar-refractivity contribution < 1.29 is 4.79 Å². The normalized spacial score (nSPS) is 9.50. The van der Waals surface area contributed by atoms with Crippen LogP contribution in [0.1, 0.15) is 18.9 Å². The van der Waals surface area contributed by atoms with E-state index in [1.807, 2.05) is 37.3 Å². The molecule has 1 rings (SSSR count). The Hall–Kier alpha value is -1.57. The lowest BCUT2D eigenvalue weighted by Crippen LogP contribution is -2.23. The van der Waals surface area contributed by atoms with Gasteiger partial charge in [-0.15, -0.1) is 0 Å². The monoisotopic (exact) mass is 189 g/mol. The Morgan fingerprint density at radius 1 is 1.43 bits per heavy atom. The molecule has 1 amide bonds. The molecular formula is C12H15NO. The van der Waals surface area contributed by atoms with Crippen molar-refractivity contribution in [2.45, 2.75) is 19.9 Å². The largest absolute Gasteiger partial charge is 0.315 e. The van der Waals surface area contributed by atoms with E-state index >= 15 is 0 Å². The summed E-state index contributed by atoms with van der Waals surface area (Å²) in [6, 6.07) is 9.89. The summed E-state index contributed by atoms with van der Waals surface area (Å²) in [5.74, 6) is 0.101. The predicted molar refractivity (Wildman–Crippen MR) is 57.5 cm³/mol. The average molecular weight is 189 g/mol. The highest BCUT2D eigenvalue weighted by atomic mass is 16.2. The second-order valence-corrected chi connectivity index (χ2v) is 3.04. The van der Waals surface area contributed by atoms with Crippen LogP contribution in [-0.2, 0) is 11.3 Å². The maximum atomic E-state index is 11.4. The molecule has 0 fully saturated rings. The van der Waals surface area contributed by atoms with E-state index in [9.17, 15) is 4.79 Å². The summed E-state index contributed by atoms with van der Waals surface area (Å²) < 4.78 is 0. The van der Waals surface area contributed by atoms with Gasteiger partial charge in [0.25, 0.3) is 0 Å². The molecule has 0 aliphatic rings. The molecule has 0 radical (unpaired) electrons. The van der Waals surface area contributed by atoms with Crippen LogP contribution >= 0.6 is 0 Å². The van der Waals surface area contributed by atoms with Gasteiger partial charge in [-0.25, -0.2) is 0 Å². The number of amides is 1. The van der Waals surface area contributed by atoms with Gasteiger partial charge in [-0.05, 0) is 11.8 Å². The van der Waals surface area contributed by atoms with Crippen molar-refractivity contribution in [2.24, 2.45) is 0 Å². The summed E-state index contributed by atoms with van der Waals surface area (Å²) in [5.41, 5.74) is 1.12. The van der Waals surface area contributed by atoms with Crippen LogP contribution in [0.2, 0.25) is 0 Å². The SMILES string of the molecule is C=CN(Cc1ccccc1)C(=O)CC. The molecule has 0 aliphatic heterocycles. The van der Waals surface area contributed by atoms with Gasteiger partial charge in [-0.1, -0.05) is 43.8 Å². The van der Waals surface area contributed by atoms with E-state index in [1.54, 1.807) is 11.1 Å². The molecule has 0 saturated carbocycles. The van der Waals surface area contributed by atoms with Gasteiger partial charge >= 0.3 is 0 Å². The lowest BCUT2D eigenvalue weighted by Gasteiger charge is -2.16. The van der Waals surface area contributed by atoms with Crippen LogP contribution < -0.4 is 0 Å². The molecule has 74 valence electrons. The fourth-order valence-electron chi connectivity index (χ4n) is 1.24. The predicted octanol–water partition coefficient (Wildman–Crippen LogP) is 2.57. The van der Waals surface area contributed by atoms with Crippen molar-refractivity contribution in [2.75, 3.05) is 0 Å². The Labute approximate surface area is 84.9 Å². The molecule has 0 heterocycles. The van der Waals surface area contributed by atoms with Gasteiger partial charge in [0.1, 0.15) is 0 Å². The van der Waals surface area contributed by atoms with Crippen molar-refractivity contribution in [3.8, 4) is 0 Å². The number of nitrogens with zero attached hydrogens (tertiary/aromatic N) is 1. The smallest absolute Gasteiger partial charge is 0.226 e. The molecule has 0 atom stereocenters. The van der Waals surface area contributed by atoms with Crippen LogP contribution in [0.4, 0.5) is 0 Å². The average Bonchev–Trinajstić information content (AvgIpc) is 2.26. The topological polar surface area (TPSA) is 20.3 Å².